The van der Waals surface area contributed by atoms with Crippen LogP contribution in [0.5, 0.6) is 5.75 Å². The maximum absolute atomic E-state index is 12.4. The zero-order chi connectivity index (χ0) is 20.9. The SMILES string of the molecule is COc1ccc(NC(=O)CSc2nc3ccccc3n2Cc2ccc(Cl)cc2)cc1. The van der Waals surface area contributed by atoms with E-state index >= 15 is 0 Å². The lowest BCUT2D eigenvalue weighted by molar-refractivity contribution is -0.113. The number of methoxy groups -OCH3 is 1. The van der Waals surface area contributed by atoms with E-state index in [4.69, 9.17) is 21.3 Å². The van der Waals surface area contributed by atoms with E-state index in [1.54, 1.807) is 7.11 Å². The monoisotopic (exact) mass is 437 g/mol. The highest BCUT2D eigenvalue weighted by molar-refractivity contribution is 7.99. The van der Waals surface area contributed by atoms with Crippen LogP contribution in [0.15, 0.2) is 78.0 Å². The van der Waals surface area contributed by atoms with Crippen LogP contribution in [0.1, 0.15) is 5.56 Å². The standard InChI is InChI=1S/C23H20ClN3O2S/c1-29-19-12-10-18(11-13-19)25-22(28)15-30-23-26-20-4-2-3-5-21(20)27(23)14-16-6-8-17(24)9-7-16/h2-13H,14-15H2,1H3,(H,25,28). The predicted molar refractivity (Wildman–Crippen MR) is 123 cm³/mol. The molecule has 0 aliphatic rings. The number of amides is 1. The smallest absolute Gasteiger partial charge is 0.234 e. The van der Waals surface area contributed by atoms with Gasteiger partial charge in [-0.3, -0.25) is 4.79 Å². The maximum Gasteiger partial charge on any atom is 0.234 e. The van der Waals surface area contributed by atoms with Gasteiger partial charge in [0, 0.05) is 10.7 Å². The van der Waals surface area contributed by atoms with Gasteiger partial charge in [-0.2, -0.15) is 0 Å². The van der Waals surface area contributed by atoms with Crippen molar-refractivity contribution in [3.63, 3.8) is 0 Å². The number of hydrogen-bond donors (Lipinski definition) is 1. The molecule has 5 nitrogen and oxygen atoms in total. The average molecular weight is 438 g/mol. The first-order chi connectivity index (χ1) is 14.6. The van der Waals surface area contributed by atoms with E-state index < -0.39 is 0 Å². The molecule has 0 fully saturated rings. The normalized spacial score (nSPS) is 10.9. The molecule has 1 aromatic heterocycles. The van der Waals surface area contributed by atoms with Gasteiger partial charge in [0.2, 0.25) is 5.91 Å². The lowest BCUT2D eigenvalue weighted by Crippen LogP contribution is -2.14. The molecule has 152 valence electrons. The summed E-state index contributed by atoms with van der Waals surface area (Å²) in [5, 5.41) is 4.41. The number of imidazole rings is 1. The summed E-state index contributed by atoms with van der Waals surface area (Å²) in [6.45, 7) is 0.653. The van der Waals surface area contributed by atoms with Crippen LogP contribution in [0.2, 0.25) is 5.02 Å². The first-order valence-corrected chi connectivity index (χ1v) is 10.7. The molecule has 3 aromatic carbocycles. The molecular formula is C23H20ClN3O2S. The van der Waals surface area contributed by atoms with E-state index in [0.29, 0.717) is 11.6 Å². The van der Waals surface area contributed by atoms with E-state index in [9.17, 15) is 4.79 Å². The van der Waals surface area contributed by atoms with E-state index in [-0.39, 0.29) is 11.7 Å². The highest BCUT2D eigenvalue weighted by Gasteiger charge is 2.13. The molecular weight excluding hydrogens is 418 g/mol. The van der Waals surface area contributed by atoms with Crippen molar-refractivity contribution in [2.45, 2.75) is 11.7 Å². The minimum absolute atomic E-state index is 0.0877. The molecule has 4 aromatic rings. The molecule has 1 amide bonds. The zero-order valence-corrected chi connectivity index (χ0v) is 17.9. The quantitative estimate of drug-likeness (QED) is 0.389. The van der Waals surface area contributed by atoms with Crippen molar-refractivity contribution in [2.24, 2.45) is 0 Å². The lowest BCUT2D eigenvalue weighted by atomic mass is 10.2. The topological polar surface area (TPSA) is 56.1 Å². The van der Waals surface area contributed by atoms with Gasteiger partial charge >= 0.3 is 0 Å². The molecule has 0 saturated heterocycles. The Morgan fingerprint density at radius 3 is 2.53 bits per heavy atom. The summed E-state index contributed by atoms with van der Waals surface area (Å²) in [4.78, 5) is 17.2. The molecule has 0 radical (unpaired) electrons. The zero-order valence-electron chi connectivity index (χ0n) is 16.3. The highest BCUT2D eigenvalue weighted by Crippen LogP contribution is 2.26. The van der Waals surface area contributed by atoms with Crippen molar-refractivity contribution in [3.05, 3.63) is 83.4 Å². The van der Waals surface area contributed by atoms with Gasteiger partial charge < -0.3 is 14.6 Å². The van der Waals surface area contributed by atoms with Crippen LogP contribution in [0.4, 0.5) is 5.69 Å². The van der Waals surface area contributed by atoms with Crippen molar-refractivity contribution in [2.75, 3.05) is 18.2 Å². The van der Waals surface area contributed by atoms with Gasteiger partial charge in [-0.15, -0.1) is 0 Å². The van der Waals surface area contributed by atoms with Crippen molar-refractivity contribution in [3.8, 4) is 5.75 Å². The van der Waals surface area contributed by atoms with Crippen molar-refractivity contribution in [1.82, 2.24) is 9.55 Å². The first-order valence-electron chi connectivity index (χ1n) is 9.39. The van der Waals surface area contributed by atoms with Gasteiger partial charge in [-0.25, -0.2) is 4.98 Å². The number of ether oxygens (including phenoxy) is 1. The van der Waals surface area contributed by atoms with Crippen LogP contribution < -0.4 is 10.1 Å². The predicted octanol–water partition coefficient (Wildman–Crippen LogP) is 5.48. The second-order valence-electron chi connectivity index (χ2n) is 6.66. The Morgan fingerprint density at radius 2 is 1.80 bits per heavy atom. The molecule has 0 bridgehead atoms. The van der Waals surface area contributed by atoms with Gasteiger partial charge in [-0.1, -0.05) is 47.6 Å². The van der Waals surface area contributed by atoms with Gasteiger partial charge in [0.1, 0.15) is 5.75 Å². The number of halogens is 1. The summed E-state index contributed by atoms with van der Waals surface area (Å²) in [5.74, 6) is 0.921. The Morgan fingerprint density at radius 1 is 1.07 bits per heavy atom. The fourth-order valence-electron chi connectivity index (χ4n) is 3.09. The third-order valence-electron chi connectivity index (χ3n) is 4.58. The Bertz CT molecular complexity index is 1160. The summed E-state index contributed by atoms with van der Waals surface area (Å²) >= 11 is 7.43. The fourth-order valence-corrected chi connectivity index (χ4v) is 4.03. The molecule has 30 heavy (non-hydrogen) atoms. The van der Waals surface area contributed by atoms with Crippen LogP contribution in [-0.4, -0.2) is 28.3 Å². The van der Waals surface area contributed by atoms with Crippen LogP contribution in [0.3, 0.4) is 0 Å². The molecule has 0 aliphatic carbocycles. The number of rotatable bonds is 7. The third-order valence-corrected chi connectivity index (χ3v) is 5.81. The van der Waals surface area contributed by atoms with E-state index in [1.165, 1.54) is 11.8 Å². The molecule has 0 spiro atoms. The second kappa shape index (κ2) is 9.24. The molecule has 7 heteroatoms. The number of fused-ring (bicyclic) bond motifs is 1. The Balaban J connectivity index is 1.50. The summed E-state index contributed by atoms with van der Waals surface area (Å²) in [5.41, 5.74) is 3.79. The molecule has 4 rings (SSSR count). The maximum atomic E-state index is 12.4. The van der Waals surface area contributed by atoms with Crippen LogP contribution in [0, 0.1) is 0 Å². The molecule has 1 heterocycles. The number of thioether (sulfide) groups is 1. The summed E-state index contributed by atoms with van der Waals surface area (Å²) in [7, 11) is 1.61. The Labute approximate surface area is 184 Å². The second-order valence-corrected chi connectivity index (χ2v) is 8.04. The largest absolute Gasteiger partial charge is 0.497 e. The van der Waals surface area contributed by atoms with Gasteiger partial charge in [0.25, 0.3) is 0 Å². The molecule has 1 N–H and O–H groups in total. The third kappa shape index (κ3) is 4.78. The minimum Gasteiger partial charge on any atom is -0.497 e. The summed E-state index contributed by atoms with van der Waals surface area (Å²) in [6, 6.07) is 23.0. The van der Waals surface area contributed by atoms with Crippen molar-refractivity contribution >= 4 is 46.0 Å². The summed E-state index contributed by atoms with van der Waals surface area (Å²) in [6.07, 6.45) is 0. The molecule has 0 unspecified atom stereocenters. The van der Waals surface area contributed by atoms with E-state index in [1.807, 2.05) is 72.8 Å². The molecule has 0 atom stereocenters. The van der Waals surface area contributed by atoms with Crippen LogP contribution in [-0.2, 0) is 11.3 Å². The van der Waals surface area contributed by atoms with Gasteiger partial charge in [-0.05, 0) is 54.1 Å². The number of anilines is 1. The average Bonchev–Trinajstić information content (AvgIpc) is 3.12. The fraction of sp³-hybridized carbons (Fsp3) is 0.130. The van der Waals surface area contributed by atoms with Crippen molar-refractivity contribution in [1.29, 1.82) is 0 Å². The summed E-state index contributed by atoms with van der Waals surface area (Å²) < 4.78 is 7.27. The lowest BCUT2D eigenvalue weighted by Gasteiger charge is -2.10. The Kier molecular flexibility index (Phi) is 6.26. The van der Waals surface area contributed by atoms with Crippen molar-refractivity contribution < 1.29 is 9.53 Å². The first kappa shape index (κ1) is 20.3. The number of aromatic nitrogens is 2. The highest BCUT2D eigenvalue weighted by atomic mass is 35.5. The van der Waals surface area contributed by atoms with Crippen LogP contribution in [0.25, 0.3) is 11.0 Å². The van der Waals surface area contributed by atoms with Crippen LogP contribution >= 0.6 is 23.4 Å². The number of nitrogens with zero attached hydrogens (tertiary/aromatic N) is 2. The minimum atomic E-state index is -0.0877. The van der Waals surface area contributed by atoms with Gasteiger partial charge in [0.15, 0.2) is 5.16 Å². The number of carbonyl (C=O) groups is 1. The molecule has 0 saturated carbocycles. The number of para-hydroxylation sites is 2. The van der Waals surface area contributed by atoms with E-state index in [0.717, 1.165) is 33.2 Å². The van der Waals surface area contributed by atoms with E-state index in [2.05, 4.69) is 9.88 Å². The Hall–Kier alpha value is -2.96. The molecule has 0 aliphatic heterocycles. The number of hydrogen-bond acceptors (Lipinski definition) is 4. The number of nitrogens with one attached hydrogen (secondary N) is 1. The van der Waals surface area contributed by atoms with Gasteiger partial charge in [0.05, 0.1) is 30.4 Å². The number of benzene rings is 3. The number of carbonyl (C=O) groups excluding carboxylic acids is 1.